The van der Waals surface area contributed by atoms with Crippen LogP contribution in [0.4, 0.5) is 0 Å². The summed E-state index contributed by atoms with van der Waals surface area (Å²) in [5.41, 5.74) is 2.46. The molecule has 0 saturated heterocycles. The van der Waals surface area contributed by atoms with Crippen LogP contribution in [0.2, 0.25) is 0 Å². The second-order valence-corrected chi connectivity index (χ2v) is 5.88. The largest absolute Gasteiger partial charge is 0.545 e. The average molecular weight is 335 g/mol. The van der Waals surface area contributed by atoms with Crippen LogP contribution in [0.5, 0.6) is 5.75 Å². The number of carboxylic acid groups (broad SMARTS) is 1. The summed E-state index contributed by atoms with van der Waals surface area (Å²) >= 11 is 0. The van der Waals surface area contributed by atoms with Gasteiger partial charge in [0.1, 0.15) is 18.8 Å². The van der Waals surface area contributed by atoms with Crippen LogP contribution in [0, 0.1) is 0 Å². The van der Waals surface area contributed by atoms with Crippen LogP contribution < -0.4 is 15.2 Å². The van der Waals surface area contributed by atoms with E-state index in [1.165, 1.54) is 16.3 Å². The molecule has 0 bridgehead atoms. The number of fused-ring (bicyclic) bond motifs is 1. The van der Waals surface area contributed by atoms with Gasteiger partial charge in [-0.1, -0.05) is 54.6 Å². The van der Waals surface area contributed by atoms with Crippen molar-refractivity contribution >= 4 is 16.7 Å². The first-order valence-corrected chi connectivity index (χ1v) is 8.44. The summed E-state index contributed by atoms with van der Waals surface area (Å²) in [6.45, 7) is 4.18. The fourth-order valence-electron chi connectivity index (χ4n) is 2.98. The molecule has 2 N–H and O–H groups in total. The summed E-state index contributed by atoms with van der Waals surface area (Å²) in [4.78, 5) is 10.8. The highest BCUT2D eigenvalue weighted by atomic mass is 16.5. The third-order valence-corrected chi connectivity index (χ3v) is 4.22. The topological polar surface area (TPSA) is 66.0 Å². The summed E-state index contributed by atoms with van der Waals surface area (Å²) in [5.74, 6) is -0.225. The lowest BCUT2D eigenvalue weighted by Gasteiger charge is -2.13. The molecule has 0 heterocycles. The zero-order chi connectivity index (χ0) is 17.6. The van der Waals surface area contributed by atoms with Gasteiger partial charge >= 0.3 is 0 Å². The van der Waals surface area contributed by atoms with Crippen LogP contribution >= 0.6 is 0 Å². The molecule has 0 aliphatic rings. The molecule has 0 aliphatic heterocycles. The van der Waals surface area contributed by atoms with Crippen LogP contribution in [0.15, 0.2) is 60.7 Å². The van der Waals surface area contributed by atoms with Crippen LogP contribution in [0.3, 0.4) is 0 Å². The molecule has 0 amide bonds. The van der Waals surface area contributed by atoms with Crippen LogP contribution in [-0.4, -0.2) is 12.6 Å². The number of quaternary nitrogens is 1. The molecule has 4 nitrogen and oxygen atoms in total. The number of aromatic carboxylic acids is 1. The average Bonchev–Trinajstić information content (AvgIpc) is 2.64. The standard InChI is InChI=1S/C21H21NO3/c1-2-25-20-12-11-16-5-3-4-6-18(16)19(20)14-22-13-15-7-9-17(10-8-15)21(23)24/h3-12,22H,2,13-14H2,1H3,(H,23,24). The highest BCUT2D eigenvalue weighted by Gasteiger charge is 2.10. The van der Waals surface area contributed by atoms with Crippen LogP contribution in [-0.2, 0) is 13.1 Å². The summed E-state index contributed by atoms with van der Waals surface area (Å²) in [6.07, 6.45) is 0. The fraction of sp³-hybridized carbons (Fsp3) is 0.190. The number of carbonyl (C=O) groups is 1. The maximum Gasteiger partial charge on any atom is 0.128 e. The van der Waals surface area contributed by atoms with Gasteiger partial charge in [-0.15, -0.1) is 0 Å². The first-order valence-electron chi connectivity index (χ1n) is 8.44. The molecule has 0 radical (unpaired) electrons. The quantitative estimate of drug-likeness (QED) is 0.717. The van der Waals surface area contributed by atoms with Crippen LogP contribution in [0.25, 0.3) is 10.8 Å². The third kappa shape index (κ3) is 3.98. The lowest BCUT2D eigenvalue weighted by atomic mass is 10.0. The molecule has 3 aromatic carbocycles. The van der Waals surface area contributed by atoms with Crippen molar-refractivity contribution in [3.63, 3.8) is 0 Å². The minimum Gasteiger partial charge on any atom is -0.545 e. The number of carbonyl (C=O) groups excluding carboxylic acids is 1. The van der Waals surface area contributed by atoms with Gasteiger partial charge in [-0.25, -0.2) is 0 Å². The number of rotatable bonds is 7. The van der Waals surface area contributed by atoms with Crippen molar-refractivity contribution < 1.29 is 20.0 Å². The highest BCUT2D eigenvalue weighted by Crippen LogP contribution is 2.27. The number of nitrogens with two attached hydrogens (primary N) is 1. The Morgan fingerprint density at radius 3 is 2.48 bits per heavy atom. The van der Waals surface area contributed by atoms with Crippen molar-refractivity contribution in [2.24, 2.45) is 0 Å². The molecule has 25 heavy (non-hydrogen) atoms. The molecule has 3 aromatic rings. The van der Waals surface area contributed by atoms with Gasteiger partial charge in [0.25, 0.3) is 0 Å². The van der Waals surface area contributed by atoms with Crippen molar-refractivity contribution in [1.82, 2.24) is 0 Å². The first kappa shape index (κ1) is 17.0. The molecule has 0 aliphatic carbocycles. The number of hydrogen-bond donors (Lipinski definition) is 1. The molecule has 0 unspecified atom stereocenters. The fourth-order valence-corrected chi connectivity index (χ4v) is 2.98. The molecule has 0 atom stereocenters. The summed E-state index contributed by atoms with van der Waals surface area (Å²) < 4.78 is 5.80. The molecule has 0 spiro atoms. The van der Waals surface area contributed by atoms with E-state index in [0.717, 1.165) is 24.4 Å². The first-order chi connectivity index (χ1) is 12.2. The van der Waals surface area contributed by atoms with Gasteiger partial charge in [-0.3, -0.25) is 0 Å². The normalized spacial score (nSPS) is 10.8. The van der Waals surface area contributed by atoms with E-state index in [9.17, 15) is 9.90 Å². The predicted octanol–water partition coefficient (Wildman–Crippen LogP) is 1.87. The molecule has 0 fully saturated rings. The maximum atomic E-state index is 10.8. The second kappa shape index (κ2) is 7.81. The number of carboxylic acids is 1. The Bertz CT molecular complexity index is 872. The summed E-state index contributed by atoms with van der Waals surface area (Å²) in [7, 11) is 0. The van der Waals surface area contributed by atoms with E-state index in [0.29, 0.717) is 6.61 Å². The van der Waals surface area contributed by atoms with Gasteiger partial charge in [0, 0.05) is 5.56 Å². The van der Waals surface area contributed by atoms with E-state index in [-0.39, 0.29) is 5.56 Å². The zero-order valence-corrected chi connectivity index (χ0v) is 14.2. The van der Waals surface area contributed by atoms with Crippen molar-refractivity contribution in [1.29, 1.82) is 0 Å². The van der Waals surface area contributed by atoms with Gasteiger partial charge in [-0.05, 0) is 29.3 Å². The SMILES string of the molecule is CCOc1ccc2ccccc2c1C[NH2+]Cc1ccc(C(=O)[O-])cc1. The maximum absolute atomic E-state index is 10.8. The minimum absolute atomic E-state index is 0.205. The highest BCUT2D eigenvalue weighted by molar-refractivity contribution is 5.87. The number of ether oxygens (including phenoxy) is 1. The molecular formula is C21H21NO3. The molecule has 3 rings (SSSR count). The van der Waals surface area contributed by atoms with E-state index < -0.39 is 5.97 Å². The molecule has 0 aromatic heterocycles. The lowest BCUT2D eigenvalue weighted by molar-refractivity contribution is -0.686. The Morgan fingerprint density at radius 2 is 1.76 bits per heavy atom. The Morgan fingerprint density at radius 1 is 1.00 bits per heavy atom. The number of hydrogen-bond acceptors (Lipinski definition) is 3. The monoisotopic (exact) mass is 335 g/mol. The van der Waals surface area contributed by atoms with Gasteiger partial charge in [0.2, 0.25) is 0 Å². The van der Waals surface area contributed by atoms with E-state index in [1.54, 1.807) is 12.1 Å². The van der Waals surface area contributed by atoms with E-state index in [1.807, 2.05) is 37.3 Å². The minimum atomic E-state index is -1.15. The van der Waals surface area contributed by atoms with Crippen molar-refractivity contribution in [2.75, 3.05) is 6.61 Å². The third-order valence-electron chi connectivity index (χ3n) is 4.22. The Hall–Kier alpha value is -2.85. The summed E-state index contributed by atoms with van der Waals surface area (Å²) in [5, 5.41) is 15.4. The number of benzene rings is 3. The predicted molar refractivity (Wildman–Crippen MR) is 95.2 cm³/mol. The van der Waals surface area contributed by atoms with E-state index >= 15 is 0 Å². The Kier molecular flexibility index (Phi) is 5.31. The second-order valence-electron chi connectivity index (χ2n) is 5.88. The van der Waals surface area contributed by atoms with Gasteiger partial charge in [0.15, 0.2) is 0 Å². The van der Waals surface area contributed by atoms with Crippen molar-refractivity contribution in [3.8, 4) is 5.75 Å². The summed E-state index contributed by atoms with van der Waals surface area (Å²) in [6, 6.07) is 19.2. The van der Waals surface area contributed by atoms with Gasteiger partial charge in [-0.2, -0.15) is 0 Å². The Labute approximate surface area is 147 Å². The van der Waals surface area contributed by atoms with Gasteiger partial charge in [0.05, 0.1) is 18.1 Å². The van der Waals surface area contributed by atoms with Crippen LogP contribution in [0.1, 0.15) is 28.4 Å². The molecule has 128 valence electrons. The Balaban J connectivity index is 1.75. The smallest absolute Gasteiger partial charge is 0.128 e. The van der Waals surface area contributed by atoms with E-state index in [2.05, 4.69) is 23.5 Å². The zero-order valence-electron chi connectivity index (χ0n) is 14.2. The lowest BCUT2D eigenvalue weighted by Crippen LogP contribution is -2.80. The molecular weight excluding hydrogens is 314 g/mol. The van der Waals surface area contributed by atoms with Crippen molar-refractivity contribution in [3.05, 3.63) is 77.4 Å². The van der Waals surface area contributed by atoms with Gasteiger partial charge < -0.3 is 20.0 Å². The van der Waals surface area contributed by atoms with Crippen molar-refractivity contribution in [2.45, 2.75) is 20.0 Å². The van der Waals surface area contributed by atoms with E-state index in [4.69, 9.17) is 4.74 Å². The molecule has 0 saturated carbocycles. The molecule has 4 heteroatoms.